The predicted octanol–water partition coefficient (Wildman–Crippen LogP) is 5.65. The van der Waals surface area contributed by atoms with Gasteiger partial charge in [0, 0.05) is 12.0 Å². The van der Waals surface area contributed by atoms with E-state index in [1.807, 2.05) is 54.6 Å². The predicted molar refractivity (Wildman–Crippen MR) is 159 cm³/mol. The standard InChI is InChI=1S/C34H38N2O6/c1-22(41-20-23-12-4-2-5-13-23)31(33(38)39)36-32(37)28-18-6-3-7-19-30(28)35-34(40)42-21-29-26-16-10-8-14-24(26)25-15-9-11-17-27(25)29/h2,4-5,8-17,22,28-31H,3,6-7,18-21H2,1H3,(H,35,40)(H,36,37)(H,38,39)/t22-,28?,30?,31+/m1/s1. The van der Waals surface area contributed by atoms with Crippen LogP contribution in [0.3, 0.4) is 0 Å². The Morgan fingerprint density at radius 2 is 1.48 bits per heavy atom. The lowest BCUT2D eigenvalue weighted by molar-refractivity contribution is -0.147. The molecule has 5 rings (SSSR count). The lowest BCUT2D eigenvalue weighted by atomic mass is 9.93. The molecule has 3 N–H and O–H groups in total. The lowest BCUT2D eigenvalue weighted by Crippen LogP contribution is -2.54. The number of carboxylic acid groups (broad SMARTS) is 1. The molecule has 1 saturated carbocycles. The van der Waals surface area contributed by atoms with Gasteiger partial charge in [0.1, 0.15) is 6.61 Å². The van der Waals surface area contributed by atoms with Crippen molar-refractivity contribution in [2.75, 3.05) is 6.61 Å². The molecular formula is C34H38N2O6. The average molecular weight is 571 g/mol. The van der Waals surface area contributed by atoms with Crippen molar-refractivity contribution >= 4 is 18.0 Å². The number of amides is 2. The molecule has 0 heterocycles. The van der Waals surface area contributed by atoms with Crippen LogP contribution in [-0.4, -0.2) is 47.9 Å². The Morgan fingerprint density at radius 1 is 0.857 bits per heavy atom. The maximum atomic E-state index is 13.5. The molecule has 2 amide bonds. The van der Waals surface area contributed by atoms with Crippen molar-refractivity contribution in [1.29, 1.82) is 0 Å². The van der Waals surface area contributed by atoms with Crippen molar-refractivity contribution in [2.45, 2.75) is 69.7 Å². The van der Waals surface area contributed by atoms with Crippen LogP contribution in [0, 0.1) is 5.92 Å². The third-order valence-electron chi connectivity index (χ3n) is 8.39. The number of fused-ring (bicyclic) bond motifs is 3. The van der Waals surface area contributed by atoms with Gasteiger partial charge in [0.25, 0.3) is 0 Å². The molecule has 8 heteroatoms. The van der Waals surface area contributed by atoms with Crippen LogP contribution >= 0.6 is 0 Å². The first-order valence-corrected chi connectivity index (χ1v) is 14.7. The molecule has 0 aliphatic heterocycles. The summed E-state index contributed by atoms with van der Waals surface area (Å²) in [5, 5.41) is 15.5. The Balaban J connectivity index is 1.20. The van der Waals surface area contributed by atoms with E-state index >= 15 is 0 Å². The third-order valence-corrected chi connectivity index (χ3v) is 8.39. The first kappa shape index (κ1) is 29.3. The summed E-state index contributed by atoms with van der Waals surface area (Å²) in [6.07, 6.45) is 2.44. The van der Waals surface area contributed by atoms with Crippen molar-refractivity contribution in [3.63, 3.8) is 0 Å². The number of carboxylic acids is 1. The Bertz CT molecular complexity index is 1350. The van der Waals surface area contributed by atoms with Gasteiger partial charge in [-0.15, -0.1) is 0 Å². The molecule has 3 aromatic rings. The fourth-order valence-corrected chi connectivity index (χ4v) is 6.12. The number of alkyl carbamates (subject to hydrolysis) is 1. The Labute approximate surface area is 246 Å². The zero-order valence-electron chi connectivity index (χ0n) is 23.8. The van der Waals surface area contributed by atoms with E-state index in [0.29, 0.717) is 12.8 Å². The Morgan fingerprint density at radius 3 is 2.14 bits per heavy atom. The van der Waals surface area contributed by atoms with Gasteiger partial charge < -0.3 is 25.2 Å². The highest BCUT2D eigenvalue weighted by molar-refractivity contribution is 5.86. The van der Waals surface area contributed by atoms with E-state index in [1.54, 1.807) is 6.92 Å². The quantitative estimate of drug-likeness (QED) is 0.272. The van der Waals surface area contributed by atoms with Gasteiger partial charge in [0.05, 0.1) is 18.6 Å². The number of carbonyl (C=O) groups excluding carboxylic acids is 2. The number of rotatable bonds is 10. The molecule has 0 bridgehead atoms. The minimum Gasteiger partial charge on any atom is -0.480 e. The van der Waals surface area contributed by atoms with Gasteiger partial charge >= 0.3 is 12.1 Å². The highest BCUT2D eigenvalue weighted by atomic mass is 16.5. The molecule has 3 aromatic carbocycles. The Hall–Kier alpha value is -4.17. The topological polar surface area (TPSA) is 114 Å². The number of aliphatic carboxylic acids is 1. The van der Waals surface area contributed by atoms with Crippen LogP contribution in [-0.2, 0) is 25.7 Å². The molecule has 1 fully saturated rings. The van der Waals surface area contributed by atoms with E-state index in [1.165, 1.54) is 0 Å². The maximum Gasteiger partial charge on any atom is 0.407 e. The van der Waals surface area contributed by atoms with Crippen LogP contribution in [0.4, 0.5) is 4.79 Å². The molecule has 220 valence electrons. The SMILES string of the molecule is C[C@@H](OCc1ccccc1)[C@H](NC(=O)C1CCCCCC1NC(=O)OCC1c2ccccc2-c2ccccc21)C(=O)O. The average Bonchev–Trinajstić information content (AvgIpc) is 3.13. The van der Waals surface area contributed by atoms with Crippen LogP contribution in [0.25, 0.3) is 11.1 Å². The third kappa shape index (κ3) is 6.82. The van der Waals surface area contributed by atoms with E-state index < -0.39 is 42.1 Å². The fraction of sp³-hybridized carbons (Fsp3) is 0.382. The molecule has 0 spiro atoms. The number of ether oxygens (including phenoxy) is 2. The molecule has 4 atom stereocenters. The Kier molecular flexibility index (Phi) is 9.54. The van der Waals surface area contributed by atoms with Crippen molar-refractivity contribution in [3.05, 3.63) is 95.6 Å². The van der Waals surface area contributed by atoms with Gasteiger partial charge in [-0.2, -0.15) is 0 Å². The van der Waals surface area contributed by atoms with Gasteiger partial charge in [-0.3, -0.25) is 4.79 Å². The number of hydrogen-bond donors (Lipinski definition) is 3. The first-order chi connectivity index (χ1) is 20.4. The van der Waals surface area contributed by atoms with E-state index in [9.17, 15) is 19.5 Å². The molecule has 2 unspecified atom stereocenters. The van der Waals surface area contributed by atoms with Crippen molar-refractivity contribution < 1.29 is 29.0 Å². The van der Waals surface area contributed by atoms with E-state index in [-0.39, 0.29) is 19.1 Å². The summed E-state index contributed by atoms with van der Waals surface area (Å²) in [6, 6.07) is 24.1. The number of benzene rings is 3. The summed E-state index contributed by atoms with van der Waals surface area (Å²) >= 11 is 0. The molecule has 2 aliphatic carbocycles. The zero-order chi connectivity index (χ0) is 29.5. The van der Waals surface area contributed by atoms with Crippen LogP contribution in [0.2, 0.25) is 0 Å². The minimum atomic E-state index is -1.22. The van der Waals surface area contributed by atoms with Gasteiger partial charge in [-0.05, 0) is 47.6 Å². The summed E-state index contributed by atoms with van der Waals surface area (Å²) in [4.78, 5) is 38.6. The van der Waals surface area contributed by atoms with Gasteiger partial charge in [-0.25, -0.2) is 9.59 Å². The summed E-state index contributed by atoms with van der Waals surface area (Å²) < 4.78 is 11.5. The van der Waals surface area contributed by atoms with Crippen molar-refractivity contribution in [1.82, 2.24) is 10.6 Å². The normalized spacial score (nSPS) is 19.5. The summed E-state index contributed by atoms with van der Waals surface area (Å²) in [6.45, 7) is 2.05. The number of carbonyl (C=O) groups is 3. The maximum absolute atomic E-state index is 13.5. The molecule has 2 aliphatic rings. The number of nitrogens with one attached hydrogen (secondary N) is 2. The molecule has 42 heavy (non-hydrogen) atoms. The highest BCUT2D eigenvalue weighted by Gasteiger charge is 2.36. The van der Waals surface area contributed by atoms with Gasteiger partial charge in [0.2, 0.25) is 5.91 Å². The number of hydrogen-bond acceptors (Lipinski definition) is 5. The lowest BCUT2D eigenvalue weighted by Gasteiger charge is -2.28. The second-order valence-electron chi connectivity index (χ2n) is 11.1. The monoisotopic (exact) mass is 570 g/mol. The zero-order valence-corrected chi connectivity index (χ0v) is 23.8. The summed E-state index contributed by atoms with van der Waals surface area (Å²) in [5.74, 6) is -2.21. The van der Waals surface area contributed by atoms with E-state index in [2.05, 4.69) is 34.9 Å². The van der Waals surface area contributed by atoms with Crippen molar-refractivity contribution in [3.8, 4) is 11.1 Å². The van der Waals surface area contributed by atoms with Crippen molar-refractivity contribution in [2.24, 2.45) is 5.92 Å². The van der Waals surface area contributed by atoms with Crippen LogP contribution in [0.5, 0.6) is 0 Å². The fourth-order valence-electron chi connectivity index (χ4n) is 6.12. The van der Waals surface area contributed by atoms with Crippen LogP contribution in [0.15, 0.2) is 78.9 Å². The molecule has 0 saturated heterocycles. The van der Waals surface area contributed by atoms with Crippen LogP contribution < -0.4 is 10.6 Å². The second kappa shape index (κ2) is 13.7. The van der Waals surface area contributed by atoms with E-state index in [4.69, 9.17) is 9.47 Å². The molecule has 0 aromatic heterocycles. The highest BCUT2D eigenvalue weighted by Crippen LogP contribution is 2.44. The molecule has 8 nitrogen and oxygen atoms in total. The smallest absolute Gasteiger partial charge is 0.407 e. The molecule has 0 radical (unpaired) electrons. The molecular weight excluding hydrogens is 532 g/mol. The van der Waals surface area contributed by atoms with E-state index in [0.717, 1.165) is 47.1 Å². The summed E-state index contributed by atoms with van der Waals surface area (Å²) in [5.41, 5.74) is 5.47. The van der Waals surface area contributed by atoms with Gasteiger partial charge in [-0.1, -0.05) is 98.1 Å². The summed E-state index contributed by atoms with van der Waals surface area (Å²) in [7, 11) is 0. The first-order valence-electron chi connectivity index (χ1n) is 14.7. The van der Waals surface area contributed by atoms with Crippen LogP contribution in [0.1, 0.15) is 61.6 Å². The largest absolute Gasteiger partial charge is 0.480 e. The van der Waals surface area contributed by atoms with Gasteiger partial charge in [0.15, 0.2) is 6.04 Å². The second-order valence-corrected chi connectivity index (χ2v) is 11.1. The minimum absolute atomic E-state index is 0.0647.